The summed E-state index contributed by atoms with van der Waals surface area (Å²) in [6, 6.07) is 14.9. The quantitative estimate of drug-likeness (QED) is 0.771. The number of aromatic amines is 1. The van der Waals surface area contributed by atoms with Crippen molar-refractivity contribution in [2.75, 3.05) is 0 Å². The lowest BCUT2D eigenvalue weighted by atomic mass is 10.1. The number of hydrogen-bond donors (Lipinski definition) is 1. The molecule has 4 nitrogen and oxygen atoms in total. The normalized spacial score (nSPS) is 10.8. The summed E-state index contributed by atoms with van der Waals surface area (Å²) in [4.78, 5) is 27.4. The van der Waals surface area contributed by atoms with E-state index in [-0.39, 0.29) is 17.8 Å². The van der Waals surface area contributed by atoms with Crippen molar-refractivity contribution >= 4 is 10.9 Å². The van der Waals surface area contributed by atoms with Gasteiger partial charge in [0.1, 0.15) is 0 Å². The molecule has 4 heteroatoms. The van der Waals surface area contributed by atoms with E-state index in [1.807, 2.05) is 49.4 Å². The molecular weight excluding hydrogens is 252 g/mol. The third-order valence-electron chi connectivity index (χ3n) is 3.40. The highest BCUT2D eigenvalue weighted by atomic mass is 16.2. The highest BCUT2D eigenvalue weighted by molar-refractivity contribution is 5.80. The number of nitrogens with one attached hydrogen (secondary N) is 1. The Morgan fingerprint density at radius 1 is 1.00 bits per heavy atom. The molecule has 0 fully saturated rings. The highest BCUT2D eigenvalue weighted by Crippen LogP contribution is 2.10. The summed E-state index contributed by atoms with van der Waals surface area (Å²) < 4.78 is 1.24. The maximum Gasteiger partial charge on any atom is 0.329 e. The van der Waals surface area contributed by atoms with E-state index in [9.17, 15) is 9.59 Å². The number of H-pyrrole nitrogens is 1. The van der Waals surface area contributed by atoms with Gasteiger partial charge in [-0.15, -0.1) is 0 Å². The Morgan fingerprint density at radius 2 is 1.75 bits per heavy atom. The van der Waals surface area contributed by atoms with Gasteiger partial charge in [-0.2, -0.15) is 0 Å². The number of aromatic nitrogens is 2. The first-order valence-electron chi connectivity index (χ1n) is 6.43. The van der Waals surface area contributed by atoms with Crippen LogP contribution in [0.15, 0.2) is 58.1 Å². The Hall–Kier alpha value is -2.62. The topological polar surface area (TPSA) is 54.9 Å². The highest BCUT2D eigenvalue weighted by Gasteiger charge is 2.09. The van der Waals surface area contributed by atoms with Crippen molar-refractivity contribution in [1.29, 1.82) is 0 Å². The van der Waals surface area contributed by atoms with Crippen molar-refractivity contribution in [3.8, 4) is 0 Å². The summed E-state index contributed by atoms with van der Waals surface area (Å²) in [6.45, 7) is 2.15. The molecular formula is C16H14N2O2. The molecule has 3 aromatic rings. The molecule has 20 heavy (non-hydrogen) atoms. The van der Waals surface area contributed by atoms with Crippen molar-refractivity contribution in [3.63, 3.8) is 0 Å². The van der Waals surface area contributed by atoms with Crippen molar-refractivity contribution < 1.29 is 0 Å². The smallest absolute Gasteiger partial charge is 0.307 e. The zero-order valence-electron chi connectivity index (χ0n) is 11.1. The molecule has 0 amide bonds. The lowest BCUT2D eigenvalue weighted by Gasteiger charge is -2.07. The van der Waals surface area contributed by atoms with Crippen LogP contribution in [-0.4, -0.2) is 9.55 Å². The van der Waals surface area contributed by atoms with Gasteiger partial charge in [-0.1, -0.05) is 42.5 Å². The SMILES string of the molecule is Cc1cccc2[nH]c(=O)n(Cc3ccccc3)c(=O)c12. The van der Waals surface area contributed by atoms with Crippen LogP contribution in [0.25, 0.3) is 10.9 Å². The predicted octanol–water partition coefficient (Wildman–Crippen LogP) is 2.05. The largest absolute Gasteiger partial charge is 0.329 e. The van der Waals surface area contributed by atoms with E-state index >= 15 is 0 Å². The molecule has 0 aliphatic heterocycles. The Labute approximate surface area is 115 Å². The number of rotatable bonds is 2. The van der Waals surface area contributed by atoms with Crippen molar-refractivity contribution in [2.45, 2.75) is 13.5 Å². The van der Waals surface area contributed by atoms with Crippen LogP contribution in [0.4, 0.5) is 0 Å². The van der Waals surface area contributed by atoms with E-state index in [1.165, 1.54) is 4.57 Å². The van der Waals surface area contributed by atoms with Crippen molar-refractivity contribution in [3.05, 3.63) is 80.5 Å². The summed E-state index contributed by atoms with van der Waals surface area (Å²) in [5.41, 5.74) is 1.76. The van der Waals surface area contributed by atoms with Gasteiger partial charge in [-0.3, -0.25) is 9.36 Å². The molecule has 3 rings (SSSR count). The van der Waals surface area contributed by atoms with Crippen LogP contribution in [0, 0.1) is 6.92 Å². The fourth-order valence-corrected chi connectivity index (χ4v) is 2.38. The van der Waals surface area contributed by atoms with Crippen LogP contribution in [0.5, 0.6) is 0 Å². The van der Waals surface area contributed by atoms with Crippen LogP contribution in [0.1, 0.15) is 11.1 Å². The number of hydrogen-bond acceptors (Lipinski definition) is 2. The average molecular weight is 266 g/mol. The fourth-order valence-electron chi connectivity index (χ4n) is 2.38. The maximum atomic E-state index is 12.5. The second-order valence-corrected chi connectivity index (χ2v) is 4.80. The summed E-state index contributed by atoms with van der Waals surface area (Å²) >= 11 is 0. The minimum Gasteiger partial charge on any atom is -0.307 e. The van der Waals surface area contributed by atoms with Gasteiger partial charge in [0.15, 0.2) is 0 Å². The van der Waals surface area contributed by atoms with E-state index in [0.29, 0.717) is 10.9 Å². The monoisotopic (exact) mass is 266 g/mol. The maximum absolute atomic E-state index is 12.5. The van der Waals surface area contributed by atoms with Gasteiger partial charge in [0.25, 0.3) is 5.56 Å². The molecule has 0 unspecified atom stereocenters. The molecule has 100 valence electrons. The van der Waals surface area contributed by atoms with Crippen LogP contribution in [0.3, 0.4) is 0 Å². The molecule has 0 aliphatic rings. The number of fused-ring (bicyclic) bond motifs is 1. The molecule has 0 bridgehead atoms. The van der Waals surface area contributed by atoms with E-state index in [4.69, 9.17) is 0 Å². The van der Waals surface area contributed by atoms with Gasteiger partial charge >= 0.3 is 5.69 Å². The second kappa shape index (κ2) is 4.81. The van der Waals surface area contributed by atoms with Crippen LogP contribution in [-0.2, 0) is 6.54 Å². The standard InChI is InChI=1S/C16H14N2O2/c1-11-6-5-9-13-14(11)15(19)18(16(20)17-13)10-12-7-3-2-4-8-12/h2-9H,10H2,1H3,(H,17,20). The van der Waals surface area contributed by atoms with E-state index in [2.05, 4.69) is 4.98 Å². The lowest BCUT2D eigenvalue weighted by Crippen LogP contribution is -2.35. The Balaban J connectivity index is 2.24. The second-order valence-electron chi connectivity index (χ2n) is 4.80. The first-order chi connectivity index (χ1) is 9.66. The number of nitrogens with zero attached hydrogens (tertiary/aromatic N) is 1. The molecule has 0 spiro atoms. The summed E-state index contributed by atoms with van der Waals surface area (Å²) in [6.07, 6.45) is 0. The zero-order valence-corrected chi connectivity index (χ0v) is 11.1. The first kappa shape index (κ1) is 12.4. The summed E-state index contributed by atoms with van der Waals surface area (Å²) in [5.74, 6) is 0. The minimum absolute atomic E-state index is 0.245. The van der Waals surface area contributed by atoms with Gasteiger partial charge < -0.3 is 4.98 Å². The zero-order chi connectivity index (χ0) is 14.1. The molecule has 1 aromatic heterocycles. The first-order valence-corrected chi connectivity index (χ1v) is 6.43. The molecule has 1 heterocycles. The van der Waals surface area contributed by atoms with Crippen LogP contribution < -0.4 is 11.2 Å². The Morgan fingerprint density at radius 3 is 2.50 bits per heavy atom. The minimum atomic E-state index is -0.378. The van der Waals surface area contributed by atoms with Crippen LogP contribution >= 0.6 is 0 Å². The number of benzene rings is 2. The molecule has 1 N–H and O–H groups in total. The Kier molecular flexibility index (Phi) is 2.99. The Bertz CT molecular complexity index is 876. The van der Waals surface area contributed by atoms with Gasteiger partial charge in [-0.05, 0) is 24.1 Å². The van der Waals surface area contributed by atoms with E-state index in [1.54, 1.807) is 6.07 Å². The summed E-state index contributed by atoms with van der Waals surface area (Å²) in [5, 5.41) is 0.572. The molecule has 0 saturated heterocycles. The molecule has 0 radical (unpaired) electrons. The third kappa shape index (κ3) is 2.05. The molecule has 0 atom stereocenters. The predicted molar refractivity (Wildman–Crippen MR) is 79.1 cm³/mol. The van der Waals surface area contributed by atoms with E-state index in [0.717, 1.165) is 11.1 Å². The molecule has 2 aromatic carbocycles. The third-order valence-corrected chi connectivity index (χ3v) is 3.40. The van der Waals surface area contributed by atoms with Gasteiger partial charge in [0.05, 0.1) is 17.4 Å². The van der Waals surface area contributed by atoms with Crippen molar-refractivity contribution in [1.82, 2.24) is 9.55 Å². The summed E-state index contributed by atoms with van der Waals surface area (Å²) in [7, 11) is 0. The fraction of sp³-hybridized carbons (Fsp3) is 0.125. The van der Waals surface area contributed by atoms with Gasteiger partial charge in [0, 0.05) is 0 Å². The van der Waals surface area contributed by atoms with Crippen molar-refractivity contribution in [2.24, 2.45) is 0 Å². The molecule has 0 aliphatic carbocycles. The number of aryl methyl sites for hydroxylation is 1. The molecule has 0 saturated carbocycles. The van der Waals surface area contributed by atoms with E-state index < -0.39 is 0 Å². The van der Waals surface area contributed by atoms with Gasteiger partial charge in [0.2, 0.25) is 0 Å². The van der Waals surface area contributed by atoms with Crippen LogP contribution in [0.2, 0.25) is 0 Å². The average Bonchev–Trinajstić information content (AvgIpc) is 2.44. The van der Waals surface area contributed by atoms with Gasteiger partial charge in [-0.25, -0.2) is 4.79 Å². The lowest BCUT2D eigenvalue weighted by molar-refractivity contribution is 0.711.